The van der Waals surface area contributed by atoms with Gasteiger partial charge in [-0.05, 0) is 56.8 Å². The molecule has 2 aliphatic heterocycles. The van der Waals surface area contributed by atoms with Crippen LogP contribution in [0.1, 0.15) is 51.4 Å². The molecule has 140 valence electrons. The second kappa shape index (κ2) is 6.53. The highest BCUT2D eigenvalue weighted by atomic mass is 16.5. The van der Waals surface area contributed by atoms with Crippen molar-refractivity contribution in [3.8, 4) is 0 Å². The van der Waals surface area contributed by atoms with Crippen LogP contribution in [0.2, 0.25) is 0 Å². The number of ether oxygens (including phenoxy) is 1. The van der Waals surface area contributed by atoms with Crippen LogP contribution in [0.15, 0.2) is 0 Å². The van der Waals surface area contributed by atoms with Crippen LogP contribution in [0.5, 0.6) is 0 Å². The molecule has 0 radical (unpaired) electrons. The SMILES string of the molecule is O=C(C1CCC1)N1CC[C@@]2(CN(CC3CC3)C[C@@H]2COCC2CC2)C1. The number of likely N-dealkylation sites (tertiary alicyclic amines) is 2. The third-order valence-electron chi connectivity index (χ3n) is 7.62. The molecular weight excluding hydrogens is 312 g/mol. The molecule has 1 amide bonds. The maximum atomic E-state index is 12.7. The van der Waals surface area contributed by atoms with Crippen molar-refractivity contribution < 1.29 is 9.53 Å². The quantitative estimate of drug-likeness (QED) is 0.711. The van der Waals surface area contributed by atoms with E-state index in [-0.39, 0.29) is 0 Å². The lowest BCUT2D eigenvalue weighted by Gasteiger charge is -2.33. The Bertz CT molecular complexity index is 512. The molecule has 0 bridgehead atoms. The van der Waals surface area contributed by atoms with E-state index in [4.69, 9.17) is 4.74 Å². The Morgan fingerprint density at radius 3 is 2.48 bits per heavy atom. The molecule has 0 aromatic carbocycles. The average molecular weight is 347 g/mol. The lowest BCUT2D eigenvalue weighted by Crippen LogP contribution is -2.41. The zero-order valence-electron chi connectivity index (χ0n) is 15.6. The van der Waals surface area contributed by atoms with Crippen molar-refractivity contribution in [1.29, 1.82) is 0 Å². The van der Waals surface area contributed by atoms with Crippen molar-refractivity contribution in [2.45, 2.75) is 51.4 Å². The van der Waals surface area contributed by atoms with Crippen LogP contribution in [-0.2, 0) is 9.53 Å². The first-order valence-electron chi connectivity index (χ1n) is 10.8. The molecule has 2 heterocycles. The van der Waals surface area contributed by atoms with E-state index in [9.17, 15) is 4.79 Å². The lowest BCUT2D eigenvalue weighted by molar-refractivity contribution is -0.137. The molecule has 2 atom stereocenters. The molecule has 0 aromatic heterocycles. The van der Waals surface area contributed by atoms with Crippen molar-refractivity contribution in [2.75, 3.05) is 45.9 Å². The van der Waals surface area contributed by atoms with Gasteiger partial charge in [0.1, 0.15) is 0 Å². The fourth-order valence-corrected chi connectivity index (χ4v) is 5.30. The highest BCUT2D eigenvalue weighted by Gasteiger charge is 2.52. The highest BCUT2D eigenvalue weighted by Crippen LogP contribution is 2.46. The van der Waals surface area contributed by atoms with Crippen molar-refractivity contribution in [2.24, 2.45) is 29.1 Å². The molecule has 4 heteroatoms. The average Bonchev–Trinajstić information content (AvgIpc) is 3.45. The largest absolute Gasteiger partial charge is 0.381 e. The topological polar surface area (TPSA) is 32.8 Å². The summed E-state index contributed by atoms with van der Waals surface area (Å²) in [4.78, 5) is 17.7. The molecule has 4 nitrogen and oxygen atoms in total. The summed E-state index contributed by atoms with van der Waals surface area (Å²) in [5.74, 6) is 3.24. The normalized spacial score (nSPS) is 36.3. The lowest BCUT2D eigenvalue weighted by atomic mass is 9.77. The predicted octanol–water partition coefficient (Wildman–Crippen LogP) is 2.77. The Balaban J connectivity index is 1.23. The van der Waals surface area contributed by atoms with Crippen molar-refractivity contribution in [1.82, 2.24) is 9.80 Å². The smallest absolute Gasteiger partial charge is 0.225 e. The van der Waals surface area contributed by atoms with E-state index < -0.39 is 0 Å². The van der Waals surface area contributed by atoms with Crippen LogP contribution >= 0.6 is 0 Å². The van der Waals surface area contributed by atoms with Crippen LogP contribution in [0.25, 0.3) is 0 Å². The number of rotatable bonds is 7. The Hall–Kier alpha value is -0.610. The standard InChI is InChI=1S/C21H34N2O2/c24-20(18-2-1-3-18)23-9-8-21(15-23)14-22(10-16-4-5-16)11-19(21)13-25-12-17-6-7-17/h16-19H,1-15H2/t19-,21-/m1/s1. The summed E-state index contributed by atoms with van der Waals surface area (Å²) in [5.41, 5.74) is 0.317. The van der Waals surface area contributed by atoms with Gasteiger partial charge in [0.05, 0.1) is 6.61 Å². The van der Waals surface area contributed by atoms with E-state index in [1.165, 1.54) is 58.2 Å². The minimum atomic E-state index is 0.317. The number of hydrogen-bond acceptors (Lipinski definition) is 3. The van der Waals surface area contributed by atoms with Gasteiger partial charge in [0, 0.05) is 56.6 Å². The molecule has 5 rings (SSSR count). The maximum absolute atomic E-state index is 12.7. The molecule has 0 unspecified atom stereocenters. The molecule has 3 aliphatic carbocycles. The summed E-state index contributed by atoms with van der Waals surface area (Å²) in [7, 11) is 0. The fourth-order valence-electron chi connectivity index (χ4n) is 5.30. The molecule has 25 heavy (non-hydrogen) atoms. The minimum absolute atomic E-state index is 0.317. The third kappa shape index (κ3) is 3.49. The summed E-state index contributed by atoms with van der Waals surface area (Å²) in [6, 6.07) is 0. The molecule has 5 fully saturated rings. The molecule has 3 saturated carbocycles. The highest BCUT2D eigenvalue weighted by molar-refractivity contribution is 5.80. The fraction of sp³-hybridized carbons (Fsp3) is 0.952. The van der Waals surface area contributed by atoms with Crippen molar-refractivity contribution in [3.63, 3.8) is 0 Å². The predicted molar refractivity (Wildman–Crippen MR) is 97.2 cm³/mol. The minimum Gasteiger partial charge on any atom is -0.381 e. The monoisotopic (exact) mass is 346 g/mol. The first kappa shape index (κ1) is 16.6. The zero-order valence-corrected chi connectivity index (χ0v) is 15.6. The van der Waals surface area contributed by atoms with E-state index in [1.54, 1.807) is 0 Å². The number of carbonyl (C=O) groups is 1. The Morgan fingerprint density at radius 2 is 1.80 bits per heavy atom. The van der Waals surface area contributed by atoms with Crippen molar-refractivity contribution in [3.05, 3.63) is 0 Å². The molecule has 1 spiro atoms. The number of carbonyl (C=O) groups excluding carboxylic acids is 1. The van der Waals surface area contributed by atoms with Gasteiger partial charge in [0.15, 0.2) is 0 Å². The summed E-state index contributed by atoms with van der Waals surface area (Å²) in [6.45, 7) is 7.58. The van der Waals surface area contributed by atoms with Gasteiger partial charge < -0.3 is 14.5 Å². The zero-order chi connectivity index (χ0) is 16.9. The van der Waals surface area contributed by atoms with E-state index >= 15 is 0 Å². The molecular formula is C21H34N2O2. The summed E-state index contributed by atoms with van der Waals surface area (Å²) < 4.78 is 6.14. The van der Waals surface area contributed by atoms with Gasteiger partial charge in [-0.2, -0.15) is 0 Å². The van der Waals surface area contributed by atoms with Gasteiger partial charge in [-0.15, -0.1) is 0 Å². The van der Waals surface area contributed by atoms with Gasteiger partial charge in [0.25, 0.3) is 0 Å². The third-order valence-corrected chi connectivity index (χ3v) is 7.62. The van der Waals surface area contributed by atoms with Crippen LogP contribution in [0.3, 0.4) is 0 Å². The number of amides is 1. The van der Waals surface area contributed by atoms with Gasteiger partial charge in [-0.25, -0.2) is 0 Å². The van der Waals surface area contributed by atoms with E-state index in [2.05, 4.69) is 9.80 Å². The van der Waals surface area contributed by atoms with E-state index in [0.29, 0.717) is 23.2 Å². The number of nitrogens with zero attached hydrogens (tertiary/aromatic N) is 2. The van der Waals surface area contributed by atoms with Gasteiger partial charge in [0.2, 0.25) is 5.91 Å². The Kier molecular flexibility index (Phi) is 4.32. The maximum Gasteiger partial charge on any atom is 0.225 e. The van der Waals surface area contributed by atoms with Gasteiger partial charge in [-0.1, -0.05) is 6.42 Å². The Morgan fingerprint density at radius 1 is 1.00 bits per heavy atom. The Labute approximate surface area is 152 Å². The van der Waals surface area contributed by atoms with Gasteiger partial charge in [-0.3, -0.25) is 4.79 Å². The van der Waals surface area contributed by atoms with E-state index in [0.717, 1.165) is 51.0 Å². The first-order chi connectivity index (χ1) is 12.2. The van der Waals surface area contributed by atoms with Crippen LogP contribution in [-0.4, -0.2) is 61.6 Å². The summed E-state index contributed by atoms with van der Waals surface area (Å²) in [5, 5.41) is 0. The molecule has 0 aromatic rings. The second-order valence-corrected chi connectivity index (χ2v) is 9.82. The van der Waals surface area contributed by atoms with Crippen LogP contribution in [0, 0.1) is 29.1 Å². The van der Waals surface area contributed by atoms with Crippen molar-refractivity contribution >= 4 is 5.91 Å². The molecule has 2 saturated heterocycles. The van der Waals surface area contributed by atoms with Crippen LogP contribution < -0.4 is 0 Å². The molecule has 5 aliphatic rings. The molecule has 0 N–H and O–H groups in total. The number of hydrogen-bond donors (Lipinski definition) is 0. The summed E-state index contributed by atoms with van der Waals surface area (Å²) >= 11 is 0. The first-order valence-corrected chi connectivity index (χ1v) is 10.8. The summed E-state index contributed by atoms with van der Waals surface area (Å²) in [6.07, 6.45) is 10.3. The van der Waals surface area contributed by atoms with E-state index in [1.807, 2.05) is 0 Å². The van der Waals surface area contributed by atoms with Gasteiger partial charge >= 0.3 is 0 Å². The van der Waals surface area contributed by atoms with Crippen LogP contribution in [0.4, 0.5) is 0 Å². The second-order valence-electron chi connectivity index (χ2n) is 9.82.